The summed E-state index contributed by atoms with van der Waals surface area (Å²) in [6.07, 6.45) is 0. The summed E-state index contributed by atoms with van der Waals surface area (Å²) in [6.45, 7) is 2.56. The molecule has 0 amide bonds. The third kappa shape index (κ3) is 3.56. The van der Waals surface area contributed by atoms with Crippen LogP contribution in [0.5, 0.6) is 0 Å². The second-order valence-electron chi connectivity index (χ2n) is 4.05. The molecule has 94 valence electrons. The van der Waals surface area contributed by atoms with Crippen LogP contribution >= 0.6 is 0 Å². The van der Waals surface area contributed by atoms with Crippen LogP contribution in [0.15, 0.2) is 12.1 Å². The maximum atomic E-state index is 10.8. The number of pyridine rings is 1. The topological polar surface area (TPSA) is 97.3 Å². The summed E-state index contributed by atoms with van der Waals surface area (Å²) in [5.41, 5.74) is 5.45. The molecule has 7 nitrogen and oxygen atoms in total. The molecule has 1 unspecified atom stereocenters. The first kappa shape index (κ1) is 13.2. The Balaban J connectivity index is 2.82. The number of nitro groups is 1. The van der Waals surface area contributed by atoms with Gasteiger partial charge in [-0.25, -0.2) is 4.98 Å². The van der Waals surface area contributed by atoms with E-state index in [4.69, 9.17) is 5.73 Å². The van der Waals surface area contributed by atoms with Gasteiger partial charge in [0.15, 0.2) is 0 Å². The maximum Gasteiger partial charge on any atom is 0.311 e. The number of nitrogens with two attached hydrogens (primary N) is 1. The first-order chi connectivity index (χ1) is 7.91. The summed E-state index contributed by atoms with van der Waals surface area (Å²) in [5.74, 6) is 0.472. The summed E-state index contributed by atoms with van der Waals surface area (Å²) in [6, 6.07) is 3.00. The number of aromatic nitrogens is 1. The van der Waals surface area contributed by atoms with Gasteiger partial charge >= 0.3 is 5.69 Å². The lowest BCUT2D eigenvalue weighted by Crippen LogP contribution is -2.31. The Hall–Kier alpha value is -1.89. The Bertz CT molecular complexity index is 408. The van der Waals surface area contributed by atoms with Gasteiger partial charge in [-0.2, -0.15) is 0 Å². The Kier molecular flexibility index (Phi) is 4.22. The van der Waals surface area contributed by atoms with E-state index in [0.29, 0.717) is 6.54 Å². The highest BCUT2D eigenvalue weighted by atomic mass is 16.6. The minimum absolute atomic E-state index is 0.0647. The Morgan fingerprint density at radius 1 is 1.59 bits per heavy atom. The van der Waals surface area contributed by atoms with Crippen LogP contribution < -0.4 is 11.1 Å². The van der Waals surface area contributed by atoms with Gasteiger partial charge in [0.25, 0.3) is 0 Å². The van der Waals surface area contributed by atoms with Gasteiger partial charge < -0.3 is 16.0 Å². The third-order valence-electron chi connectivity index (χ3n) is 2.54. The highest BCUT2D eigenvalue weighted by molar-refractivity contribution is 5.59. The van der Waals surface area contributed by atoms with Crippen molar-refractivity contribution >= 4 is 17.3 Å². The van der Waals surface area contributed by atoms with Gasteiger partial charge in [-0.1, -0.05) is 0 Å². The van der Waals surface area contributed by atoms with Gasteiger partial charge in [0.1, 0.15) is 5.82 Å². The highest BCUT2D eigenvalue weighted by Crippen LogP contribution is 2.22. The van der Waals surface area contributed by atoms with E-state index in [9.17, 15) is 10.1 Å². The molecule has 0 spiro atoms. The number of nitrogens with zero attached hydrogens (tertiary/aromatic N) is 3. The molecule has 1 atom stereocenters. The number of anilines is 2. The quantitative estimate of drug-likeness (QED) is 0.586. The molecule has 0 aliphatic heterocycles. The number of hydrogen-bond acceptors (Lipinski definition) is 6. The van der Waals surface area contributed by atoms with Crippen LogP contribution in [0, 0.1) is 10.1 Å². The minimum atomic E-state index is -0.477. The van der Waals surface area contributed by atoms with E-state index >= 15 is 0 Å². The molecule has 3 N–H and O–H groups in total. The molecule has 0 saturated heterocycles. The molecule has 17 heavy (non-hydrogen) atoms. The van der Waals surface area contributed by atoms with E-state index in [1.165, 1.54) is 12.1 Å². The van der Waals surface area contributed by atoms with Crippen LogP contribution in [0.3, 0.4) is 0 Å². The third-order valence-corrected chi connectivity index (χ3v) is 2.54. The van der Waals surface area contributed by atoms with Gasteiger partial charge in [-0.05, 0) is 27.1 Å². The smallest absolute Gasteiger partial charge is 0.311 e. The van der Waals surface area contributed by atoms with Gasteiger partial charge in [-0.15, -0.1) is 0 Å². The molecule has 7 heteroatoms. The second-order valence-corrected chi connectivity index (χ2v) is 4.05. The average molecular weight is 239 g/mol. The predicted molar refractivity (Wildman–Crippen MR) is 66.9 cm³/mol. The lowest BCUT2D eigenvalue weighted by atomic mass is 10.3. The lowest BCUT2D eigenvalue weighted by molar-refractivity contribution is -0.384. The fourth-order valence-electron chi connectivity index (χ4n) is 1.17. The van der Waals surface area contributed by atoms with Crippen molar-refractivity contribution in [3.05, 3.63) is 22.2 Å². The van der Waals surface area contributed by atoms with Gasteiger partial charge in [-0.3, -0.25) is 10.1 Å². The number of nitrogens with one attached hydrogen (secondary N) is 1. The monoisotopic (exact) mass is 239 g/mol. The molecular weight excluding hydrogens is 222 g/mol. The Morgan fingerprint density at radius 2 is 2.24 bits per heavy atom. The summed E-state index contributed by atoms with van der Waals surface area (Å²) < 4.78 is 0. The van der Waals surface area contributed by atoms with Crippen LogP contribution in [0.1, 0.15) is 6.92 Å². The van der Waals surface area contributed by atoms with Crippen LogP contribution in [-0.4, -0.2) is 41.5 Å². The van der Waals surface area contributed by atoms with Crippen LogP contribution in [0.4, 0.5) is 17.3 Å². The molecule has 0 aliphatic rings. The maximum absolute atomic E-state index is 10.8. The first-order valence-corrected chi connectivity index (χ1v) is 5.23. The zero-order chi connectivity index (χ0) is 13.0. The number of nitrogen functional groups attached to an aromatic ring is 1. The van der Waals surface area contributed by atoms with Crippen LogP contribution in [0.2, 0.25) is 0 Å². The van der Waals surface area contributed by atoms with Crippen LogP contribution in [0.25, 0.3) is 0 Å². The van der Waals surface area contributed by atoms with Crippen molar-refractivity contribution in [2.45, 2.75) is 13.0 Å². The van der Waals surface area contributed by atoms with Crippen molar-refractivity contribution in [1.29, 1.82) is 0 Å². The second kappa shape index (κ2) is 5.44. The lowest BCUT2D eigenvalue weighted by Gasteiger charge is -2.20. The van der Waals surface area contributed by atoms with E-state index in [1.807, 2.05) is 25.9 Å². The Labute approximate surface area is 99.8 Å². The molecule has 1 heterocycles. The largest absolute Gasteiger partial charge is 0.384 e. The fraction of sp³-hybridized carbons (Fsp3) is 0.500. The van der Waals surface area contributed by atoms with E-state index in [-0.39, 0.29) is 23.4 Å². The molecule has 1 aromatic rings. The van der Waals surface area contributed by atoms with E-state index in [0.717, 1.165) is 0 Å². The van der Waals surface area contributed by atoms with Crippen molar-refractivity contribution in [2.24, 2.45) is 0 Å². The SMILES string of the molecule is CC(CNc1nc(N)ccc1[N+](=O)[O-])N(C)C. The van der Waals surface area contributed by atoms with E-state index < -0.39 is 4.92 Å². The van der Waals surface area contributed by atoms with Gasteiger partial charge in [0, 0.05) is 18.7 Å². The predicted octanol–water partition coefficient (Wildman–Crippen LogP) is 0.934. The molecule has 0 aliphatic carbocycles. The summed E-state index contributed by atoms with van der Waals surface area (Å²) in [5, 5.41) is 13.7. The molecule has 1 rings (SSSR count). The first-order valence-electron chi connectivity index (χ1n) is 5.23. The fourth-order valence-corrected chi connectivity index (χ4v) is 1.17. The van der Waals surface area contributed by atoms with Crippen molar-refractivity contribution in [3.63, 3.8) is 0 Å². The number of hydrogen-bond donors (Lipinski definition) is 2. The van der Waals surface area contributed by atoms with Crippen molar-refractivity contribution in [2.75, 3.05) is 31.7 Å². The van der Waals surface area contributed by atoms with Crippen molar-refractivity contribution < 1.29 is 4.92 Å². The molecule has 1 aromatic heterocycles. The zero-order valence-electron chi connectivity index (χ0n) is 10.2. The molecule has 0 radical (unpaired) electrons. The average Bonchev–Trinajstić information content (AvgIpc) is 2.25. The van der Waals surface area contributed by atoms with E-state index in [2.05, 4.69) is 10.3 Å². The molecule has 0 aromatic carbocycles. The summed E-state index contributed by atoms with van der Waals surface area (Å²) in [7, 11) is 3.88. The molecule has 0 fully saturated rings. The number of likely N-dealkylation sites (N-methyl/N-ethyl adjacent to an activating group) is 1. The normalized spacial score (nSPS) is 12.5. The Morgan fingerprint density at radius 3 is 2.76 bits per heavy atom. The van der Waals surface area contributed by atoms with E-state index in [1.54, 1.807) is 0 Å². The highest BCUT2D eigenvalue weighted by Gasteiger charge is 2.16. The molecule has 0 bridgehead atoms. The summed E-state index contributed by atoms with van der Waals surface area (Å²) >= 11 is 0. The van der Waals surface area contributed by atoms with Gasteiger partial charge in [0.05, 0.1) is 4.92 Å². The molecular formula is C10H17N5O2. The van der Waals surface area contributed by atoms with Crippen molar-refractivity contribution in [1.82, 2.24) is 9.88 Å². The number of rotatable bonds is 5. The van der Waals surface area contributed by atoms with Crippen LogP contribution in [-0.2, 0) is 0 Å². The standard InChI is InChI=1S/C10H17N5O2/c1-7(14(2)3)6-12-10-8(15(16)17)4-5-9(11)13-10/h4-5,7H,6H2,1-3H3,(H3,11,12,13). The summed E-state index contributed by atoms with van der Waals surface area (Å²) in [4.78, 5) is 16.2. The molecule has 0 saturated carbocycles. The minimum Gasteiger partial charge on any atom is -0.384 e. The van der Waals surface area contributed by atoms with Crippen molar-refractivity contribution in [3.8, 4) is 0 Å². The zero-order valence-corrected chi connectivity index (χ0v) is 10.2. The van der Waals surface area contributed by atoms with Gasteiger partial charge in [0.2, 0.25) is 5.82 Å².